The average molecular weight is 523 g/mol. The van der Waals surface area contributed by atoms with Crippen molar-refractivity contribution < 1.29 is 41.0 Å². The Morgan fingerprint density at radius 2 is 1.81 bits per heavy atom. The number of carbonyl (C=O) groups excluding carboxylic acids is 1. The third kappa shape index (κ3) is 5.44. The van der Waals surface area contributed by atoms with Crippen molar-refractivity contribution in [3.63, 3.8) is 0 Å². The Labute approximate surface area is 204 Å². The highest BCUT2D eigenvalue weighted by Crippen LogP contribution is 2.31. The van der Waals surface area contributed by atoms with Crippen LogP contribution < -0.4 is 10.1 Å². The SMILES string of the molecule is O=C(O)Cc1cc(C(=O)N2CCNCC2S(=O)(=O)c2ccccc2)c2cc(OC(F)(F)F)ccc2c1. The zero-order chi connectivity index (χ0) is 26.1. The molecule has 1 fully saturated rings. The van der Waals surface area contributed by atoms with Crippen LogP contribution in [0.15, 0.2) is 65.6 Å². The lowest BCUT2D eigenvalue weighted by Gasteiger charge is -2.36. The first-order chi connectivity index (χ1) is 17.0. The van der Waals surface area contributed by atoms with Gasteiger partial charge in [0.15, 0.2) is 5.37 Å². The van der Waals surface area contributed by atoms with E-state index in [0.29, 0.717) is 11.9 Å². The van der Waals surface area contributed by atoms with Gasteiger partial charge in [-0.1, -0.05) is 30.3 Å². The predicted molar refractivity (Wildman–Crippen MR) is 123 cm³/mol. The zero-order valence-corrected chi connectivity index (χ0v) is 19.5. The molecule has 1 saturated heterocycles. The molecule has 1 heterocycles. The summed E-state index contributed by atoms with van der Waals surface area (Å²) in [5.41, 5.74) is 0.118. The standard InChI is InChI=1S/C24H21F3N2O6S/c25-24(26,27)35-17-7-6-16-10-15(12-22(30)31)11-20(19(16)13-17)23(32)29-9-8-28-14-21(29)36(33,34)18-4-2-1-3-5-18/h1-7,10-11,13,21,28H,8-9,12,14H2,(H,30,31). The first-order valence-electron chi connectivity index (χ1n) is 10.8. The molecule has 0 bridgehead atoms. The van der Waals surface area contributed by atoms with Crippen LogP contribution in [-0.2, 0) is 21.1 Å². The van der Waals surface area contributed by atoms with Crippen molar-refractivity contribution in [2.45, 2.75) is 23.1 Å². The van der Waals surface area contributed by atoms with E-state index in [1.165, 1.54) is 30.3 Å². The Kier molecular flexibility index (Phi) is 6.92. The minimum Gasteiger partial charge on any atom is -0.481 e. The van der Waals surface area contributed by atoms with Crippen LogP contribution in [0.1, 0.15) is 15.9 Å². The number of hydrogen-bond donors (Lipinski definition) is 2. The van der Waals surface area contributed by atoms with Crippen LogP contribution in [0.5, 0.6) is 5.75 Å². The van der Waals surface area contributed by atoms with E-state index in [-0.39, 0.29) is 34.5 Å². The van der Waals surface area contributed by atoms with Gasteiger partial charge >= 0.3 is 12.3 Å². The van der Waals surface area contributed by atoms with Crippen molar-refractivity contribution >= 4 is 32.5 Å². The van der Waals surface area contributed by atoms with Crippen LogP contribution in [-0.4, -0.2) is 61.7 Å². The molecule has 2 N–H and O–H groups in total. The van der Waals surface area contributed by atoms with Crippen LogP contribution in [0, 0.1) is 0 Å². The number of carboxylic acid groups (broad SMARTS) is 1. The normalized spacial score (nSPS) is 16.6. The molecule has 1 amide bonds. The smallest absolute Gasteiger partial charge is 0.481 e. The number of aliphatic carboxylic acids is 1. The van der Waals surface area contributed by atoms with E-state index >= 15 is 0 Å². The summed E-state index contributed by atoms with van der Waals surface area (Å²) >= 11 is 0. The van der Waals surface area contributed by atoms with Gasteiger partial charge in [0.25, 0.3) is 5.91 Å². The molecule has 0 aromatic heterocycles. The number of fused-ring (bicyclic) bond motifs is 1. The summed E-state index contributed by atoms with van der Waals surface area (Å²) in [7, 11) is -4.00. The lowest BCUT2D eigenvalue weighted by molar-refractivity contribution is -0.274. The number of rotatable bonds is 6. The molecule has 0 spiro atoms. The molecule has 1 atom stereocenters. The molecule has 190 valence electrons. The number of nitrogens with zero attached hydrogens (tertiary/aromatic N) is 1. The van der Waals surface area contributed by atoms with E-state index in [0.717, 1.165) is 17.0 Å². The van der Waals surface area contributed by atoms with E-state index in [1.807, 2.05) is 0 Å². The lowest BCUT2D eigenvalue weighted by atomic mass is 9.98. The summed E-state index contributed by atoms with van der Waals surface area (Å²) in [4.78, 5) is 26.2. The molecule has 1 aliphatic heterocycles. The molecule has 3 aromatic rings. The summed E-state index contributed by atoms with van der Waals surface area (Å²) in [5, 5.41) is 11.3. The molecular weight excluding hydrogens is 501 g/mol. The number of amides is 1. The summed E-state index contributed by atoms with van der Waals surface area (Å²) in [6.45, 7) is 0.249. The van der Waals surface area contributed by atoms with Gasteiger partial charge in [0.1, 0.15) is 5.75 Å². The van der Waals surface area contributed by atoms with E-state index in [2.05, 4.69) is 10.1 Å². The van der Waals surface area contributed by atoms with Crippen molar-refractivity contribution in [3.05, 3.63) is 71.8 Å². The Morgan fingerprint density at radius 3 is 2.47 bits per heavy atom. The molecule has 12 heteroatoms. The van der Waals surface area contributed by atoms with Crippen molar-refractivity contribution in [1.82, 2.24) is 10.2 Å². The van der Waals surface area contributed by atoms with Crippen molar-refractivity contribution in [2.75, 3.05) is 19.6 Å². The third-order valence-electron chi connectivity index (χ3n) is 5.69. The van der Waals surface area contributed by atoms with E-state index in [1.54, 1.807) is 18.2 Å². The van der Waals surface area contributed by atoms with Gasteiger partial charge in [0.05, 0.1) is 11.3 Å². The number of benzene rings is 3. The van der Waals surface area contributed by atoms with Crippen LogP contribution >= 0.6 is 0 Å². The zero-order valence-electron chi connectivity index (χ0n) is 18.7. The fourth-order valence-corrected chi connectivity index (χ4v) is 5.88. The summed E-state index contributed by atoms with van der Waals surface area (Å²) in [6.07, 6.45) is -5.40. The monoisotopic (exact) mass is 522 g/mol. The second-order valence-electron chi connectivity index (χ2n) is 8.16. The molecule has 0 aliphatic carbocycles. The number of carbonyl (C=O) groups is 2. The molecule has 0 radical (unpaired) electrons. The van der Waals surface area contributed by atoms with Gasteiger partial charge in [-0.2, -0.15) is 0 Å². The Hall–Kier alpha value is -3.64. The molecule has 4 rings (SSSR count). The van der Waals surface area contributed by atoms with Crippen molar-refractivity contribution in [3.8, 4) is 5.75 Å². The maximum absolute atomic E-state index is 13.8. The van der Waals surface area contributed by atoms with E-state index < -0.39 is 45.6 Å². The van der Waals surface area contributed by atoms with Gasteiger partial charge in [0, 0.05) is 25.2 Å². The van der Waals surface area contributed by atoms with Crippen LogP contribution in [0.3, 0.4) is 0 Å². The van der Waals surface area contributed by atoms with Crippen LogP contribution in [0.2, 0.25) is 0 Å². The number of carboxylic acids is 1. The quantitative estimate of drug-likeness (QED) is 0.511. The number of halogens is 3. The van der Waals surface area contributed by atoms with Gasteiger partial charge in [-0.15, -0.1) is 13.2 Å². The Bertz CT molecular complexity index is 1410. The highest BCUT2D eigenvalue weighted by molar-refractivity contribution is 7.92. The number of piperazine rings is 1. The largest absolute Gasteiger partial charge is 0.573 e. The molecule has 36 heavy (non-hydrogen) atoms. The summed E-state index contributed by atoms with van der Waals surface area (Å²) in [5.74, 6) is -2.48. The third-order valence-corrected chi connectivity index (χ3v) is 7.76. The first-order valence-corrected chi connectivity index (χ1v) is 12.4. The Balaban J connectivity index is 1.82. The van der Waals surface area contributed by atoms with Gasteiger partial charge in [0.2, 0.25) is 9.84 Å². The van der Waals surface area contributed by atoms with Crippen LogP contribution in [0.25, 0.3) is 10.8 Å². The number of sulfone groups is 1. The number of hydrogen-bond acceptors (Lipinski definition) is 6. The second kappa shape index (κ2) is 9.78. The van der Waals surface area contributed by atoms with E-state index in [4.69, 9.17) is 0 Å². The lowest BCUT2D eigenvalue weighted by Crippen LogP contribution is -2.56. The van der Waals surface area contributed by atoms with Crippen molar-refractivity contribution in [2.24, 2.45) is 0 Å². The fourth-order valence-electron chi connectivity index (χ4n) is 4.16. The minimum absolute atomic E-state index is 0.0129. The maximum atomic E-state index is 13.8. The fraction of sp³-hybridized carbons (Fsp3) is 0.250. The topological polar surface area (TPSA) is 113 Å². The van der Waals surface area contributed by atoms with Gasteiger partial charge < -0.3 is 20.1 Å². The summed E-state index contributed by atoms with van der Waals surface area (Å²) < 4.78 is 69.1. The average Bonchev–Trinajstić information content (AvgIpc) is 2.82. The van der Waals surface area contributed by atoms with Crippen LogP contribution in [0.4, 0.5) is 13.2 Å². The summed E-state index contributed by atoms with van der Waals surface area (Å²) in [6, 6.07) is 13.7. The Morgan fingerprint density at radius 1 is 1.08 bits per heavy atom. The minimum atomic E-state index is -4.96. The number of ether oxygens (including phenoxy) is 1. The van der Waals surface area contributed by atoms with Gasteiger partial charge in [-0.05, 0) is 46.7 Å². The maximum Gasteiger partial charge on any atom is 0.573 e. The molecule has 1 aliphatic rings. The van der Waals surface area contributed by atoms with Crippen molar-refractivity contribution in [1.29, 1.82) is 0 Å². The predicted octanol–water partition coefficient (Wildman–Crippen LogP) is 3.21. The highest BCUT2D eigenvalue weighted by Gasteiger charge is 2.38. The molecule has 1 unspecified atom stereocenters. The molecule has 3 aromatic carbocycles. The number of alkyl halides is 3. The van der Waals surface area contributed by atoms with Gasteiger partial charge in [-0.3, -0.25) is 9.59 Å². The molecular formula is C24H21F3N2O6S. The molecule has 8 nitrogen and oxygen atoms in total. The molecule has 0 saturated carbocycles. The highest BCUT2D eigenvalue weighted by atomic mass is 32.2. The number of nitrogens with one attached hydrogen (secondary N) is 1. The first kappa shape index (κ1) is 25.5. The van der Waals surface area contributed by atoms with E-state index in [9.17, 15) is 36.3 Å². The van der Waals surface area contributed by atoms with Gasteiger partial charge in [-0.25, -0.2) is 8.42 Å². The second-order valence-corrected chi connectivity index (χ2v) is 10.3.